The van der Waals surface area contributed by atoms with Gasteiger partial charge in [-0.1, -0.05) is 26.8 Å². The molecule has 0 radical (unpaired) electrons. The molecular formula is C11H17N. The molecule has 1 rings (SSSR count). The summed E-state index contributed by atoms with van der Waals surface area (Å²) in [7, 11) is 0. The SMILES string of the molecule is CC(C)[C@H](C)Cc1ccccn1. The van der Waals surface area contributed by atoms with E-state index in [2.05, 4.69) is 37.9 Å². The first-order valence-corrected chi connectivity index (χ1v) is 4.60. The van der Waals surface area contributed by atoms with Crippen LogP contribution in [0.15, 0.2) is 24.4 Å². The fourth-order valence-electron chi connectivity index (χ4n) is 1.08. The van der Waals surface area contributed by atoms with Gasteiger partial charge in [-0.15, -0.1) is 0 Å². The molecule has 0 aliphatic carbocycles. The summed E-state index contributed by atoms with van der Waals surface area (Å²) < 4.78 is 0. The highest BCUT2D eigenvalue weighted by molar-refractivity contribution is 5.04. The lowest BCUT2D eigenvalue weighted by Gasteiger charge is -2.14. The summed E-state index contributed by atoms with van der Waals surface area (Å²) in [5.74, 6) is 1.46. The molecule has 1 nitrogen and oxygen atoms in total. The first-order valence-electron chi connectivity index (χ1n) is 4.60. The fourth-order valence-corrected chi connectivity index (χ4v) is 1.08. The fraction of sp³-hybridized carbons (Fsp3) is 0.545. The van der Waals surface area contributed by atoms with Crippen molar-refractivity contribution in [1.82, 2.24) is 4.98 Å². The average molecular weight is 163 g/mol. The van der Waals surface area contributed by atoms with Crippen LogP contribution in [-0.4, -0.2) is 4.98 Å². The van der Waals surface area contributed by atoms with Crippen molar-refractivity contribution in [2.45, 2.75) is 27.2 Å². The second kappa shape index (κ2) is 4.24. The molecule has 0 fully saturated rings. The highest BCUT2D eigenvalue weighted by Gasteiger charge is 2.07. The van der Waals surface area contributed by atoms with Gasteiger partial charge in [-0.3, -0.25) is 4.98 Å². The van der Waals surface area contributed by atoms with Crippen LogP contribution in [0.5, 0.6) is 0 Å². The molecule has 0 amide bonds. The van der Waals surface area contributed by atoms with E-state index in [9.17, 15) is 0 Å². The number of nitrogens with zero attached hydrogens (tertiary/aromatic N) is 1. The maximum absolute atomic E-state index is 4.30. The molecule has 0 N–H and O–H groups in total. The largest absolute Gasteiger partial charge is 0.261 e. The number of hydrogen-bond acceptors (Lipinski definition) is 1. The van der Waals surface area contributed by atoms with Crippen LogP contribution < -0.4 is 0 Å². The van der Waals surface area contributed by atoms with Crippen molar-refractivity contribution >= 4 is 0 Å². The molecule has 1 heterocycles. The van der Waals surface area contributed by atoms with Crippen LogP contribution in [0.1, 0.15) is 26.5 Å². The van der Waals surface area contributed by atoms with Crippen LogP contribution in [0.3, 0.4) is 0 Å². The van der Waals surface area contributed by atoms with Gasteiger partial charge in [-0.25, -0.2) is 0 Å². The molecule has 1 atom stereocenters. The second-order valence-electron chi connectivity index (χ2n) is 3.75. The van der Waals surface area contributed by atoms with Crippen LogP contribution >= 0.6 is 0 Å². The lowest BCUT2D eigenvalue weighted by atomic mass is 9.93. The van der Waals surface area contributed by atoms with Crippen LogP contribution in [0, 0.1) is 11.8 Å². The zero-order valence-corrected chi connectivity index (χ0v) is 8.12. The third kappa shape index (κ3) is 2.65. The lowest BCUT2D eigenvalue weighted by molar-refractivity contribution is 0.414. The minimum Gasteiger partial charge on any atom is -0.261 e. The second-order valence-corrected chi connectivity index (χ2v) is 3.75. The molecule has 0 spiro atoms. The summed E-state index contributed by atoms with van der Waals surface area (Å²) in [6.07, 6.45) is 2.96. The Hall–Kier alpha value is -0.850. The van der Waals surface area contributed by atoms with Crippen molar-refractivity contribution in [3.8, 4) is 0 Å². The number of hydrogen-bond donors (Lipinski definition) is 0. The van der Waals surface area contributed by atoms with E-state index in [1.54, 1.807) is 0 Å². The molecule has 0 unspecified atom stereocenters. The highest BCUT2D eigenvalue weighted by Crippen LogP contribution is 2.14. The minimum absolute atomic E-state index is 0.722. The van der Waals surface area contributed by atoms with E-state index in [1.807, 2.05) is 12.3 Å². The number of rotatable bonds is 3. The van der Waals surface area contributed by atoms with Crippen LogP contribution in [0.25, 0.3) is 0 Å². The molecule has 0 bridgehead atoms. The molecule has 0 aliphatic rings. The minimum atomic E-state index is 0.722. The highest BCUT2D eigenvalue weighted by atomic mass is 14.7. The van der Waals surface area contributed by atoms with E-state index in [0.29, 0.717) is 0 Å². The third-order valence-electron chi connectivity index (χ3n) is 2.40. The van der Waals surface area contributed by atoms with Crippen molar-refractivity contribution in [2.75, 3.05) is 0 Å². The van der Waals surface area contributed by atoms with E-state index in [1.165, 1.54) is 5.69 Å². The molecule has 12 heavy (non-hydrogen) atoms. The Morgan fingerprint density at radius 3 is 2.50 bits per heavy atom. The molecule has 1 aromatic heterocycles. The summed E-state index contributed by atoms with van der Waals surface area (Å²) >= 11 is 0. The average Bonchev–Trinajstić information content (AvgIpc) is 2.06. The van der Waals surface area contributed by atoms with Crippen molar-refractivity contribution in [3.63, 3.8) is 0 Å². The Balaban J connectivity index is 2.53. The first kappa shape index (κ1) is 9.24. The van der Waals surface area contributed by atoms with E-state index < -0.39 is 0 Å². The van der Waals surface area contributed by atoms with Gasteiger partial charge in [0.15, 0.2) is 0 Å². The smallest absolute Gasteiger partial charge is 0.0406 e. The van der Waals surface area contributed by atoms with Crippen LogP contribution in [0.4, 0.5) is 0 Å². The van der Waals surface area contributed by atoms with Gasteiger partial charge < -0.3 is 0 Å². The zero-order chi connectivity index (χ0) is 8.97. The molecule has 1 aromatic rings. The predicted octanol–water partition coefficient (Wildman–Crippen LogP) is 2.92. The summed E-state index contributed by atoms with van der Waals surface area (Å²) in [6, 6.07) is 6.11. The van der Waals surface area contributed by atoms with Crippen molar-refractivity contribution in [2.24, 2.45) is 11.8 Å². The topological polar surface area (TPSA) is 12.9 Å². The van der Waals surface area contributed by atoms with Gasteiger partial charge in [0.2, 0.25) is 0 Å². The normalized spacial score (nSPS) is 13.3. The zero-order valence-electron chi connectivity index (χ0n) is 8.12. The maximum atomic E-state index is 4.30. The summed E-state index contributed by atoms with van der Waals surface area (Å²) in [6.45, 7) is 6.79. The van der Waals surface area contributed by atoms with Gasteiger partial charge in [0.25, 0.3) is 0 Å². The van der Waals surface area contributed by atoms with E-state index in [4.69, 9.17) is 0 Å². The van der Waals surface area contributed by atoms with E-state index >= 15 is 0 Å². The maximum Gasteiger partial charge on any atom is 0.0406 e. The Morgan fingerprint density at radius 1 is 1.25 bits per heavy atom. The first-order chi connectivity index (χ1) is 5.70. The number of aromatic nitrogens is 1. The molecular weight excluding hydrogens is 146 g/mol. The van der Waals surface area contributed by atoms with Crippen LogP contribution in [-0.2, 0) is 6.42 Å². The lowest BCUT2D eigenvalue weighted by Crippen LogP contribution is -2.08. The van der Waals surface area contributed by atoms with E-state index in [-0.39, 0.29) is 0 Å². The van der Waals surface area contributed by atoms with Gasteiger partial charge in [0, 0.05) is 11.9 Å². The van der Waals surface area contributed by atoms with Crippen LogP contribution in [0.2, 0.25) is 0 Å². The van der Waals surface area contributed by atoms with Crippen molar-refractivity contribution in [1.29, 1.82) is 0 Å². The summed E-state index contributed by atoms with van der Waals surface area (Å²) in [5, 5.41) is 0. The molecule has 66 valence electrons. The van der Waals surface area contributed by atoms with Gasteiger partial charge in [0.1, 0.15) is 0 Å². The Morgan fingerprint density at radius 2 is 2.00 bits per heavy atom. The predicted molar refractivity (Wildman–Crippen MR) is 51.9 cm³/mol. The van der Waals surface area contributed by atoms with Crippen molar-refractivity contribution < 1.29 is 0 Å². The van der Waals surface area contributed by atoms with E-state index in [0.717, 1.165) is 18.3 Å². The third-order valence-corrected chi connectivity index (χ3v) is 2.40. The monoisotopic (exact) mass is 163 g/mol. The van der Waals surface area contributed by atoms with Gasteiger partial charge in [-0.2, -0.15) is 0 Å². The Kier molecular flexibility index (Phi) is 3.27. The Bertz CT molecular complexity index is 216. The van der Waals surface area contributed by atoms with Crippen molar-refractivity contribution in [3.05, 3.63) is 30.1 Å². The summed E-state index contributed by atoms with van der Waals surface area (Å²) in [4.78, 5) is 4.30. The molecule has 0 aromatic carbocycles. The quantitative estimate of drug-likeness (QED) is 0.667. The molecule has 1 heteroatoms. The van der Waals surface area contributed by atoms with Gasteiger partial charge in [0.05, 0.1) is 0 Å². The Labute approximate surface area is 74.8 Å². The van der Waals surface area contributed by atoms with Gasteiger partial charge in [-0.05, 0) is 30.4 Å². The van der Waals surface area contributed by atoms with Gasteiger partial charge >= 0.3 is 0 Å². The molecule has 0 saturated heterocycles. The standard InChI is InChI=1S/C11H17N/c1-9(2)10(3)8-11-6-4-5-7-12-11/h4-7,9-10H,8H2,1-3H3/t10-/m1/s1. The summed E-state index contributed by atoms with van der Waals surface area (Å²) in [5.41, 5.74) is 1.21. The number of pyridine rings is 1. The molecule has 0 saturated carbocycles. The molecule has 0 aliphatic heterocycles.